The second kappa shape index (κ2) is 4.80. The van der Waals surface area contributed by atoms with Crippen LogP contribution in [0.3, 0.4) is 0 Å². The molecule has 1 rings (SSSR count). The fourth-order valence-corrected chi connectivity index (χ4v) is 3.49. The molecule has 0 N–H and O–H groups in total. The lowest BCUT2D eigenvalue weighted by Gasteiger charge is -2.21. The third-order valence-corrected chi connectivity index (χ3v) is 4.18. The average molecular weight is 202 g/mol. The maximum Gasteiger partial charge on any atom is 0.0878 e. The summed E-state index contributed by atoms with van der Waals surface area (Å²) in [5.74, 6) is 1.73. The van der Waals surface area contributed by atoms with Crippen LogP contribution in [0.5, 0.6) is 0 Å². The summed E-state index contributed by atoms with van der Waals surface area (Å²) in [5.41, 5.74) is 0.256. The monoisotopic (exact) mass is 202 g/mol. The molecule has 1 heterocycles. The minimum Gasteiger partial charge on any atom is -0.502 e. The SMILES string of the molecule is C/C=C/OCCC1(C)CCS(=O)C1. The molecular formula is C10H18O2S. The molecule has 0 spiro atoms. The molecule has 2 atom stereocenters. The Bertz CT molecular complexity index is 213. The van der Waals surface area contributed by atoms with Crippen molar-refractivity contribution in [2.75, 3.05) is 18.1 Å². The van der Waals surface area contributed by atoms with Gasteiger partial charge in [-0.1, -0.05) is 13.0 Å². The second-order valence-electron chi connectivity index (χ2n) is 3.94. The highest BCUT2D eigenvalue weighted by Crippen LogP contribution is 2.33. The van der Waals surface area contributed by atoms with Crippen LogP contribution in [0.15, 0.2) is 12.3 Å². The van der Waals surface area contributed by atoms with Gasteiger partial charge in [0, 0.05) is 22.3 Å². The Kier molecular flexibility index (Phi) is 3.97. The number of ether oxygens (including phenoxy) is 1. The standard InChI is InChI=1S/C10H18O2S/c1-3-6-12-7-4-10(2)5-8-13(11)9-10/h3,6H,4-5,7-9H2,1-2H3/b6-3+. The van der Waals surface area contributed by atoms with Crippen molar-refractivity contribution < 1.29 is 8.95 Å². The molecule has 1 saturated heterocycles. The molecule has 76 valence electrons. The van der Waals surface area contributed by atoms with Crippen molar-refractivity contribution in [2.45, 2.75) is 26.7 Å². The number of hydrogen-bond donors (Lipinski definition) is 0. The fraction of sp³-hybridized carbons (Fsp3) is 0.800. The Morgan fingerprint density at radius 1 is 1.62 bits per heavy atom. The molecule has 0 aliphatic carbocycles. The van der Waals surface area contributed by atoms with Crippen LogP contribution in [-0.4, -0.2) is 22.3 Å². The highest BCUT2D eigenvalue weighted by atomic mass is 32.2. The molecule has 2 unspecified atom stereocenters. The van der Waals surface area contributed by atoms with Crippen molar-refractivity contribution in [2.24, 2.45) is 5.41 Å². The van der Waals surface area contributed by atoms with Gasteiger partial charge in [0.1, 0.15) is 0 Å². The molecular weight excluding hydrogens is 184 g/mol. The first-order chi connectivity index (χ1) is 6.16. The summed E-state index contributed by atoms with van der Waals surface area (Å²) < 4.78 is 16.5. The van der Waals surface area contributed by atoms with E-state index in [-0.39, 0.29) is 5.41 Å². The van der Waals surface area contributed by atoms with Gasteiger partial charge in [0.15, 0.2) is 0 Å². The van der Waals surface area contributed by atoms with Gasteiger partial charge < -0.3 is 4.74 Å². The Balaban J connectivity index is 2.23. The van der Waals surface area contributed by atoms with Gasteiger partial charge in [-0.25, -0.2) is 0 Å². The van der Waals surface area contributed by atoms with Crippen molar-refractivity contribution in [1.82, 2.24) is 0 Å². The van der Waals surface area contributed by atoms with Crippen LogP contribution in [0.25, 0.3) is 0 Å². The predicted molar refractivity (Wildman–Crippen MR) is 56.0 cm³/mol. The third-order valence-electron chi connectivity index (χ3n) is 2.50. The maximum absolute atomic E-state index is 11.2. The summed E-state index contributed by atoms with van der Waals surface area (Å²) in [6, 6.07) is 0. The van der Waals surface area contributed by atoms with Crippen LogP contribution in [0, 0.1) is 5.41 Å². The second-order valence-corrected chi connectivity index (χ2v) is 5.52. The fourth-order valence-electron chi connectivity index (χ4n) is 1.56. The van der Waals surface area contributed by atoms with Crippen LogP contribution in [-0.2, 0) is 15.5 Å². The Morgan fingerprint density at radius 3 is 2.92 bits per heavy atom. The van der Waals surface area contributed by atoms with Gasteiger partial charge in [-0.15, -0.1) is 0 Å². The first-order valence-corrected chi connectivity index (χ1v) is 6.23. The van der Waals surface area contributed by atoms with E-state index in [4.69, 9.17) is 4.74 Å². The van der Waals surface area contributed by atoms with Crippen LogP contribution >= 0.6 is 0 Å². The Hall–Kier alpha value is -0.310. The van der Waals surface area contributed by atoms with E-state index in [1.165, 1.54) is 0 Å². The summed E-state index contributed by atoms with van der Waals surface area (Å²) in [6.45, 7) is 4.89. The molecule has 0 aromatic heterocycles. The molecule has 0 radical (unpaired) electrons. The highest BCUT2D eigenvalue weighted by molar-refractivity contribution is 7.85. The van der Waals surface area contributed by atoms with Crippen molar-refractivity contribution in [3.8, 4) is 0 Å². The van der Waals surface area contributed by atoms with E-state index in [0.29, 0.717) is 0 Å². The van der Waals surface area contributed by atoms with E-state index < -0.39 is 10.8 Å². The molecule has 0 amide bonds. The lowest BCUT2D eigenvalue weighted by molar-refractivity contribution is 0.190. The van der Waals surface area contributed by atoms with Gasteiger partial charge in [-0.05, 0) is 25.2 Å². The van der Waals surface area contributed by atoms with E-state index >= 15 is 0 Å². The van der Waals surface area contributed by atoms with E-state index in [2.05, 4.69) is 6.92 Å². The Morgan fingerprint density at radius 2 is 2.38 bits per heavy atom. The van der Waals surface area contributed by atoms with Crippen molar-refractivity contribution >= 4 is 10.8 Å². The van der Waals surface area contributed by atoms with E-state index in [1.807, 2.05) is 13.0 Å². The first-order valence-electron chi connectivity index (χ1n) is 4.74. The molecule has 0 aromatic rings. The molecule has 1 aliphatic rings. The minimum atomic E-state index is -0.573. The molecule has 0 aromatic carbocycles. The third kappa shape index (κ3) is 3.51. The van der Waals surface area contributed by atoms with E-state index in [0.717, 1.165) is 31.0 Å². The molecule has 2 nitrogen and oxygen atoms in total. The number of allylic oxidation sites excluding steroid dienone is 1. The zero-order valence-electron chi connectivity index (χ0n) is 8.41. The Labute approximate surface area is 82.8 Å². The van der Waals surface area contributed by atoms with Crippen molar-refractivity contribution in [3.05, 3.63) is 12.3 Å². The van der Waals surface area contributed by atoms with Gasteiger partial charge in [-0.3, -0.25) is 4.21 Å². The van der Waals surface area contributed by atoms with Crippen LogP contribution in [0.2, 0.25) is 0 Å². The highest BCUT2D eigenvalue weighted by Gasteiger charge is 2.32. The largest absolute Gasteiger partial charge is 0.502 e. The maximum atomic E-state index is 11.2. The molecule has 3 heteroatoms. The number of hydrogen-bond acceptors (Lipinski definition) is 2. The van der Waals surface area contributed by atoms with Gasteiger partial charge in [0.25, 0.3) is 0 Å². The van der Waals surface area contributed by atoms with Crippen LogP contribution in [0.4, 0.5) is 0 Å². The summed E-state index contributed by atoms with van der Waals surface area (Å²) in [5, 5.41) is 0. The summed E-state index contributed by atoms with van der Waals surface area (Å²) in [4.78, 5) is 0. The summed E-state index contributed by atoms with van der Waals surface area (Å²) in [6.07, 6.45) is 5.70. The van der Waals surface area contributed by atoms with Crippen LogP contribution < -0.4 is 0 Å². The van der Waals surface area contributed by atoms with E-state index in [9.17, 15) is 4.21 Å². The molecule has 0 bridgehead atoms. The van der Waals surface area contributed by atoms with Gasteiger partial charge in [0.2, 0.25) is 0 Å². The summed E-state index contributed by atoms with van der Waals surface area (Å²) >= 11 is 0. The quantitative estimate of drug-likeness (QED) is 0.515. The van der Waals surface area contributed by atoms with Gasteiger partial charge >= 0.3 is 0 Å². The molecule has 13 heavy (non-hydrogen) atoms. The zero-order chi connectivity index (χ0) is 9.73. The topological polar surface area (TPSA) is 26.3 Å². The van der Waals surface area contributed by atoms with Crippen LogP contribution in [0.1, 0.15) is 26.7 Å². The lowest BCUT2D eigenvalue weighted by Crippen LogP contribution is -2.18. The zero-order valence-corrected chi connectivity index (χ0v) is 9.23. The molecule has 0 saturated carbocycles. The molecule has 1 fully saturated rings. The molecule has 1 aliphatic heterocycles. The smallest absolute Gasteiger partial charge is 0.0878 e. The first kappa shape index (κ1) is 10.8. The minimum absolute atomic E-state index is 0.256. The van der Waals surface area contributed by atoms with Crippen molar-refractivity contribution in [1.29, 1.82) is 0 Å². The summed E-state index contributed by atoms with van der Waals surface area (Å²) in [7, 11) is -0.573. The average Bonchev–Trinajstić information content (AvgIpc) is 2.41. The normalized spacial score (nSPS) is 34.2. The van der Waals surface area contributed by atoms with Gasteiger partial charge in [0.05, 0.1) is 12.9 Å². The predicted octanol–water partition coefficient (Wildman–Crippen LogP) is 2.09. The lowest BCUT2D eigenvalue weighted by atomic mass is 9.87. The number of rotatable bonds is 4. The van der Waals surface area contributed by atoms with Crippen molar-refractivity contribution in [3.63, 3.8) is 0 Å². The van der Waals surface area contributed by atoms with E-state index in [1.54, 1.807) is 6.26 Å². The van der Waals surface area contributed by atoms with Gasteiger partial charge in [-0.2, -0.15) is 0 Å².